The first-order valence-electron chi connectivity index (χ1n) is 11.4. The van der Waals surface area contributed by atoms with Gasteiger partial charge in [-0.25, -0.2) is 17.6 Å². The number of nitrogens with one attached hydrogen (secondary N) is 2. The lowest BCUT2D eigenvalue weighted by Crippen LogP contribution is -2.47. The molecule has 0 amide bonds. The van der Waals surface area contributed by atoms with E-state index in [1.165, 1.54) is 0 Å². The summed E-state index contributed by atoms with van der Waals surface area (Å²) in [6.07, 6.45) is -41.1. The molecule has 0 saturated carbocycles. The van der Waals surface area contributed by atoms with E-state index in [-0.39, 0.29) is 12.8 Å². The van der Waals surface area contributed by atoms with Gasteiger partial charge >= 0.3 is 42.9 Å². The first-order chi connectivity index (χ1) is 20.7. The van der Waals surface area contributed by atoms with E-state index in [0.29, 0.717) is 0 Å². The van der Waals surface area contributed by atoms with Gasteiger partial charge < -0.3 is 20.1 Å². The van der Waals surface area contributed by atoms with E-state index in [4.69, 9.17) is 0 Å². The van der Waals surface area contributed by atoms with Gasteiger partial charge in [-0.05, 0) is 12.8 Å². The summed E-state index contributed by atoms with van der Waals surface area (Å²) in [5, 5.41) is 3.65. The first kappa shape index (κ1) is 38.3. The molecule has 0 aliphatic rings. The standard InChI is InChI=1S/C20H12F19N5O2/c21-6-5(16(25,26)27)7(22)9(24)10(8(6)23)40-3-1-2-4-41-13-42-14(45-11(17(28,29)30)18(31,32)33)44-15(43-13)46-12(19(34,35)36)20(37,38)39/h11-12,40H,1-4H2,(H,41,42,43,44). The Morgan fingerprint density at radius 2 is 0.848 bits per heavy atom. The molecule has 1 aromatic heterocycles. The molecule has 46 heavy (non-hydrogen) atoms. The van der Waals surface area contributed by atoms with Gasteiger partial charge in [-0.3, -0.25) is 0 Å². The zero-order valence-corrected chi connectivity index (χ0v) is 21.3. The topological polar surface area (TPSA) is 81.2 Å². The minimum absolute atomic E-state index is 0.374. The Kier molecular flexibility index (Phi) is 11.2. The molecule has 0 atom stereocenters. The Balaban J connectivity index is 2.24. The van der Waals surface area contributed by atoms with E-state index in [1.807, 2.05) is 5.32 Å². The van der Waals surface area contributed by atoms with Crippen molar-refractivity contribution in [2.45, 2.75) is 55.9 Å². The van der Waals surface area contributed by atoms with Crippen molar-refractivity contribution in [3.63, 3.8) is 0 Å². The number of benzene rings is 1. The second-order valence-electron chi connectivity index (χ2n) is 8.45. The third-order valence-corrected chi connectivity index (χ3v) is 4.97. The second-order valence-corrected chi connectivity index (χ2v) is 8.45. The highest BCUT2D eigenvalue weighted by atomic mass is 19.4. The third kappa shape index (κ3) is 9.80. The van der Waals surface area contributed by atoms with Gasteiger partial charge in [0, 0.05) is 13.1 Å². The molecule has 7 nitrogen and oxygen atoms in total. The van der Waals surface area contributed by atoms with Crippen molar-refractivity contribution >= 4 is 11.6 Å². The molecule has 0 bridgehead atoms. The summed E-state index contributed by atoms with van der Waals surface area (Å²) in [5.41, 5.74) is -4.54. The van der Waals surface area contributed by atoms with E-state index in [2.05, 4.69) is 24.4 Å². The van der Waals surface area contributed by atoms with Crippen LogP contribution in [-0.2, 0) is 6.18 Å². The molecular formula is C20H12F19N5O2. The number of rotatable bonds is 11. The minimum Gasteiger partial charge on any atom is -0.440 e. The highest BCUT2D eigenvalue weighted by Crippen LogP contribution is 2.40. The van der Waals surface area contributed by atoms with E-state index in [1.54, 1.807) is 5.32 Å². The van der Waals surface area contributed by atoms with Crippen LogP contribution in [-0.4, -0.2) is 65.0 Å². The summed E-state index contributed by atoms with van der Waals surface area (Å²) in [4.78, 5) is 8.25. The monoisotopic (exact) mass is 715 g/mol. The summed E-state index contributed by atoms with van der Waals surface area (Å²) in [6.45, 7) is -1.34. The number of hydrogen-bond acceptors (Lipinski definition) is 7. The Bertz CT molecular complexity index is 1240. The quantitative estimate of drug-likeness (QED) is 0.142. The maximum Gasteiger partial charge on any atom is 0.434 e. The van der Waals surface area contributed by atoms with Crippen molar-refractivity contribution in [2.24, 2.45) is 0 Å². The number of nitrogens with zero attached hydrogens (tertiary/aromatic N) is 3. The van der Waals surface area contributed by atoms with Gasteiger partial charge in [-0.15, -0.1) is 4.98 Å². The van der Waals surface area contributed by atoms with E-state index in [0.717, 1.165) is 0 Å². The molecule has 262 valence electrons. The van der Waals surface area contributed by atoms with Gasteiger partial charge in [-0.1, -0.05) is 0 Å². The molecule has 2 aromatic rings. The van der Waals surface area contributed by atoms with Crippen LogP contribution < -0.4 is 20.1 Å². The molecule has 1 aromatic carbocycles. The van der Waals surface area contributed by atoms with Crippen molar-refractivity contribution in [3.05, 3.63) is 28.8 Å². The molecule has 26 heteroatoms. The zero-order valence-electron chi connectivity index (χ0n) is 21.3. The van der Waals surface area contributed by atoms with E-state index < -0.39 is 109 Å². The number of ether oxygens (including phenoxy) is 2. The smallest absolute Gasteiger partial charge is 0.434 e. The van der Waals surface area contributed by atoms with Crippen molar-refractivity contribution in [1.29, 1.82) is 0 Å². The van der Waals surface area contributed by atoms with Crippen molar-refractivity contribution in [2.75, 3.05) is 23.7 Å². The number of unbranched alkanes of at least 4 members (excludes halogenated alkanes) is 1. The summed E-state index contributed by atoms with van der Waals surface area (Å²) in [6, 6.07) is -4.23. The Morgan fingerprint density at radius 3 is 1.17 bits per heavy atom. The highest BCUT2D eigenvalue weighted by molar-refractivity contribution is 5.50. The Morgan fingerprint density at radius 1 is 0.500 bits per heavy atom. The molecule has 0 saturated heterocycles. The first-order valence-corrected chi connectivity index (χ1v) is 11.4. The predicted molar refractivity (Wildman–Crippen MR) is 110 cm³/mol. The van der Waals surface area contributed by atoms with Crippen LogP contribution in [0.15, 0.2) is 0 Å². The molecule has 0 unspecified atom stereocenters. The molecular weight excluding hydrogens is 703 g/mol. The maximum atomic E-state index is 13.9. The van der Waals surface area contributed by atoms with Gasteiger partial charge in [-0.2, -0.15) is 75.8 Å². The van der Waals surface area contributed by atoms with Gasteiger partial charge in [0.25, 0.3) is 12.2 Å². The van der Waals surface area contributed by atoms with Gasteiger partial charge in [0.1, 0.15) is 11.3 Å². The lowest BCUT2D eigenvalue weighted by atomic mass is 10.1. The van der Waals surface area contributed by atoms with Crippen LogP contribution in [0.1, 0.15) is 18.4 Å². The molecule has 0 radical (unpaired) electrons. The van der Waals surface area contributed by atoms with Crippen LogP contribution >= 0.6 is 0 Å². The van der Waals surface area contributed by atoms with Crippen LogP contribution in [0.2, 0.25) is 0 Å². The largest absolute Gasteiger partial charge is 0.440 e. The lowest BCUT2D eigenvalue weighted by Gasteiger charge is -2.24. The SMILES string of the molecule is Fc1c(F)c(C(F)(F)F)c(F)c(F)c1NCCCCNc1nc(OC(C(F)(F)F)C(F)(F)F)nc(OC(C(F)(F)F)C(F)(F)F)n1. The predicted octanol–water partition coefficient (Wildman–Crippen LogP) is 7.50. The van der Waals surface area contributed by atoms with Crippen molar-refractivity contribution < 1.29 is 92.9 Å². The number of halogens is 19. The molecule has 0 spiro atoms. The lowest BCUT2D eigenvalue weighted by molar-refractivity contribution is -0.302. The van der Waals surface area contributed by atoms with Crippen LogP contribution in [0, 0.1) is 23.3 Å². The van der Waals surface area contributed by atoms with E-state index in [9.17, 15) is 83.4 Å². The summed E-state index contributed by atoms with van der Waals surface area (Å²) >= 11 is 0. The molecule has 0 fully saturated rings. The van der Waals surface area contributed by atoms with Crippen LogP contribution in [0.4, 0.5) is 95.1 Å². The van der Waals surface area contributed by atoms with Crippen LogP contribution in [0.5, 0.6) is 12.0 Å². The fourth-order valence-corrected chi connectivity index (χ4v) is 3.07. The number of anilines is 2. The molecule has 0 aliphatic carbocycles. The fourth-order valence-electron chi connectivity index (χ4n) is 3.07. The van der Waals surface area contributed by atoms with Crippen LogP contribution in [0.3, 0.4) is 0 Å². The van der Waals surface area contributed by atoms with Gasteiger partial charge in [0.15, 0.2) is 23.3 Å². The Hall–Kier alpha value is -3.90. The normalized spacial score (nSPS) is 13.4. The molecule has 2 rings (SSSR count). The fraction of sp³-hybridized carbons (Fsp3) is 0.550. The summed E-state index contributed by atoms with van der Waals surface area (Å²) in [7, 11) is 0. The second kappa shape index (κ2) is 13.4. The highest BCUT2D eigenvalue weighted by Gasteiger charge is 2.61. The van der Waals surface area contributed by atoms with Gasteiger partial charge in [0.05, 0.1) is 0 Å². The van der Waals surface area contributed by atoms with Crippen LogP contribution in [0.25, 0.3) is 0 Å². The molecule has 2 N–H and O–H groups in total. The third-order valence-electron chi connectivity index (χ3n) is 4.97. The Labute approximate surface area is 241 Å². The minimum atomic E-state index is -6.26. The van der Waals surface area contributed by atoms with Crippen molar-refractivity contribution in [3.8, 4) is 12.0 Å². The summed E-state index contributed by atoms with van der Waals surface area (Å²) < 4.78 is 254. The van der Waals surface area contributed by atoms with Gasteiger partial charge in [0.2, 0.25) is 5.95 Å². The molecule has 0 aliphatic heterocycles. The number of aromatic nitrogens is 3. The summed E-state index contributed by atoms with van der Waals surface area (Å²) in [5.74, 6) is -11.8. The van der Waals surface area contributed by atoms with E-state index >= 15 is 0 Å². The number of hydrogen-bond donors (Lipinski definition) is 2. The van der Waals surface area contributed by atoms with Crippen molar-refractivity contribution in [1.82, 2.24) is 15.0 Å². The number of alkyl halides is 15. The zero-order chi connectivity index (χ0) is 35.6. The molecule has 1 heterocycles. The average molecular weight is 715 g/mol. The maximum absolute atomic E-state index is 13.9. The average Bonchev–Trinajstić information content (AvgIpc) is 2.85.